The van der Waals surface area contributed by atoms with Crippen molar-refractivity contribution in [2.45, 2.75) is 26.7 Å². The number of hydrogen-bond donors (Lipinski definition) is 1. The fourth-order valence-corrected chi connectivity index (χ4v) is 3.63. The lowest BCUT2D eigenvalue weighted by Crippen LogP contribution is -2.24. The predicted octanol–water partition coefficient (Wildman–Crippen LogP) is 4.46. The molecule has 31 heavy (non-hydrogen) atoms. The van der Waals surface area contributed by atoms with Crippen molar-refractivity contribution in [3.8, 4) is 0 Å². The molecule has 0 aliphatic carbocycles. The molecule has 0 spiro atoms. The first-order valence-electron chi connectivity index (χ1n) is 10.5. The molecule has 6 nitrogen and oxygen atoms in total. The molecule has 0 aromatic heterocycles. The van der Waals surface area contributed by atoms with Crippen LogP contribution in [0.2, 0.25) is 0 Å². The first kappa shape index (κ1) is 22.4. The molecule has 0 fully saturated rings. The second kappa shape index (κ2) is 10.7. The second-order valence-electron chi connectivity index (χ2n) is 7.51. The molecule has 0 saturated heterocycles. The number of oxime groups is 1. The van der Waals surface area contributed by atoms with Crippen LogP contribution in [0.25, 0.3) is 21.5 Å². The van der Waals surface area contributed by atoms with Crippen LogP contribution < -0.4 is 0 Å². The monoisotopic (exact) mass is 421 g/mol. The molecule has 162 valence electrons. The quantitative estimate of drug-likeness (QED) is 0.181. The largest absolute Gasteiger partial charge is 0.463 e. The van der Waals surface area contributed by atoms with Gasteiger partial charge in [0.2, 0.25) is 0 Å². The van der Waals surface area contributed by atoms with E-state index < -0.39 is 23.8 Å². The van der Waals surface area contributed by atoms with Crippen LogP contribution in [0.5, 0.6) is 0 Å². The molecule has 0 saturated carbocycles. The Bertz CT molecular complexity index is 1040. The van der Waals surface area contributed by atoms with Crippen molar-refractivity contribution in [3.63, 3.8) is 0 Å². The Morgan fingerprint density at radius 1 is 1.03 bits per heavy atom. The van der Waals surface area contributed by atoms with Gasteiger partial charge in [-0.15, -0.1) is 0 Å². The standard InChI is InChI=1S/C25H27NO5/c1-3-18(25(29)30-13-12-27)14-17(2)24(28)31-26-16-23-21-10-6-4-8-19(21)15-20-9-5-7-11-22(20)23/h4-11,15-18,27H,3,12-14H2,1-2H3/b26-16+. The maximum absolute atomic E-state index is 12.4. The Kier molecular flexibility index (Phi) is 7.73. The van der Waals surface area contributed by atoms with Crippen molar-refractivity contribution < 1.29 is 24.3 Å². The van der Waals surface area contributed by atoms with E-state index in [1.165, 1.54) is 0 Å². The van der Waals surface area contributed by atoms with Crippen molar-refractivity contribution in [2.24, 2.45) is 17.0 Å². The number of carbonyl (C=O) groups excluding carboxylic acids is 2. The third-order valence-corrected chi connectivity index (χ3v) is 5.34. The molecule has 0 aliphatic rings. The van der Waals surface area contributed by atoms with Gasteiger partial charge in [-0.3, -0.25) is 4.79 Å². The molecule has 0 amide bonds. The van der Waals surface area contributed by atoms with Gasteiger partial charge in [-0.25, -0.2) is 4.79 Å². The lowest BCUT2D eigenvalue weighted by molar-refractivity contribution is -0.153. The zero-order valence-corrected chi connectivity index (χ0v) is 17.8. The van der Waals surface area contributed by atoms with E-state index in [1.807, 2.05) is 55.5 Å². The van der Waals surface area contributed by atoms with Gasteiger partial charge in [0.25, 0.3) is 0 Å². The highest BCUT2D eigenvalue weighted by molar-refractivity contribution is 6.13. The minimum atomic E-state index is -0.520. The van der Waals surface area contributed by atoms with E-state index in [0.29, 0.717) is 12.8 Å². The van der Waals surface area contributed by atoms with Crippen LogP contribution in [0, 0.1) is 11.8 Å². The summed E-state index contributed by atoms with van der Waals surface area (Å²) in [5.41, 5.74) is 0.883. The van der Waals surface area contributed by atoms with E-state index in [0.717, 1.165) is 27.1 Å². The van der Waals surface area contributed by atoms with Gasteiger partial charge in [0.05, 0.1) is 24.7 Å². The van der Waals surface area contributed by atoms with E-state index >= 15 is 0 Å². The molecule has 6 heteroatoms. The third-order valence-electron chi connectivity index (χ3n) is 5.34. The second-order valence-corrected chi connectivity index (χ2v) is 7.51. The number of esters is 1. The fraction of sp³-hybridized carbons (Fsp3) is 0.320. The normalized spacial score (nSPS) is 13.4. The summed E-state index contributed by atoms with van der Waals surface area (Å²) >= 11 is 0. The molecular formula is C25H27NO5. The highest BCUT2D eigenvalue weighted by Gasteiger charge is 2.25. The van der Waals surface area contributed by atoms with Gasteiger partial charge in [-0.1, -0.05) is 67.5 Å². The van der Waals surface area contributed by atoms with E-state index in [1.54, 1.807) is 13.1 Å². The highest BCUT2D eigenvalue weighted by Crippen LogP contribution is 2.27. The van der Waals surface area contributed by atoms with Gasteiger partial charge >= 0.3 is 11.9 Å². The zero-order chi connectivity index (χ0) is 22.2. The number of hydrogen-bond acceptors (Lipinski definition) is 6. The summed E-state index contributed by atoms with van der Waals surface area (Å²) in [6, 6.07) is 18.1. The molecule has 0 aliphatic heterocycles. The summed E-state index contributed by atoms with van der Waals surface area (Å²) in [7, 11) is 0. The average molecular weight is 421 g/mol. The molecule has 3 aromatic carbocycles. The van der Waals surface area contributed by atoms with Crippen LogP contribution >= 0.6 is 0 Å². The molecule has 0 heterocycles. The summed E-state index contributed by atoms with van der Waals surface area (Å²) in [4.78, 5) is 29.6. The number of ether oxygens (including phenoxy) is 1. The molecule has 3 rings (SSSR count). The van der Waals surface area contributed by atoms with Gasteiger partial charge in [0, 0.05) is 5.56 Å². The maximum Gasteiger partial charge on any atom is 0.337 e. The van der Waals surface area contributed by atoms with Crippen LogP contribution in [0.4, 0.5) is 0 Å². The molecule has 2 unspecified atom stereocenters. The smallest absolute Gasteiger partial charge is 0.337 e. The van der Waals surface area contributed by atoms with Crippen molar-refractivity contribution >= 4 is 39.7 Å². The minimum absolute atomic E-state index is 0.0442. The maximum atomic E-state index is 12.4. The van der Waals surface area contributed by atoms with Crippen LogP contribution in [-0.4, -0.2) is 36.5 Å². The minimum Gasteiger partial charge on any atom is -0.463 e. The predicted molar refractivity (Wildman–Crippen MR) is 121 cm³/mol. The highest BCUT2D eigenvalue weighted by atomic mass is 16.7. The lowest BCUT2D eigenvalue weighted by Gasteiger charge is -2.16. The van der Waals surface area contributed by atoms with Gasteiger partial charge in [0.1, 0.15) is 6.61 Å². The summed E-state index contributed by atoms with van der Waals surface area (Å²) in [6.45, 7) is 3.29. The summed E-state index contributed by atoms with van der Waals surface area (Å²) in [5, 5.41) is 17.0. The number of carbonyl (C=O) groups is 2. The third kappa shape index (κ3) is 5.47. The van der Waals surface area contributed by atoms with E-state index in [4.69, 9.17) is 14.7 Å². The van der Waals surface area contributed by atoms with Crippen molar-refractivity contribution in [1.29, 1.82) is 0 Å². The fourth-order valence-electron chi connectivity index (χ4n) is 3.63. The molecule has 2 atom stereocenters. The van der Waals surface area contributed by atoms with Gasteiger partial charge in [0.15, 0.2) is 0 Å². The SMILES string of the molecule is CCC(CC(C)C(=O)O/N=C/c1c2ccccc2cc2ccccc12)C(=O)OCCO. The molecule has 0 radical (unpaired) electrons. The first-order chi connectivity index (χ1) is 15.0. The number of rotatable bonds is 9. The summed E-state index contributed by atoms with van der Waals surface area (Å²) < 4.78 is 4.97. The number of fused-ring (bicyclic) bond motifs is 2. The van der Waals surface area contributed by atoms with Crippen molar-refractivity contribution in [3.05, 3.63) is 60.2 Å². The van der Waals surface area contributed by atoms with Crippen LogP contribution in [0.3, 0.4) is 0 Å². The van der Waals surface area contributed by atoms with Crippen LogP contribution in [0.15, 0.2) is 59.8 Å². The topological polar surface area (TPSA) is 85.2 Å². The Balaban J connectivity index is 1.73. The van der Waals surface area contributed by atoms with Gasteiger partial charge in [-0.2, -0.15) is 0 Å². The molecule has 0 bridgehead atoms. The Morgan fingerprint density at radius 2 is 1.65 bits per heavy atom. The molecule has 1 N–H and O–H groups in total. The number of nitrogens with zero attached hydrogens (tertiary/aromatic N) is 1. The first-order valence-corrected chi connectivity index (χ1v) is 10.5. The van der Waals surface area contributed by atoms with E-state index in [2.05, 4.69) is 11.2 Å². The van der Waals surface area contributed by atoms with Gasteiger partial charge in [-0.05, 0) is 40.5 Å². The average Bonchev–Trinajstić information content (AvgIpc) is 2.80. The van der Waals surface area contributed by atoms with E-state index in [-0.39, 0.29) is 13.2 Å². The number of aliphatic hydroxyl groups is 1. The Morgan fingerprint density at radius 3 is 2.23 bits per heavy atom. The van der Waals surface area contributed by atoms with Gasteiger partial charge < -0.3 is 14.7 Å². The number of benzene rings is 3. The van der Waals surface area contributed by atoms with Crippen molar-refractivity contribution in [2.75, 3.05) is 13.2 Å². The molecular weight excluding hydrogens is 394 g/mol. The van der Waals surface area contributed by atoms with Crippen LogP contribution in [-0.2, 0) is 19.2 Å². The van der Waals surface area contributed by atoms with E-state index in [9.17, 15) is 9.59 Å². The Hall–Kier alpha value is -3.25. The summed E-state index contributed by atoms with van der Waals surface area (Å²) in [6.07, 6.45) is 2.40. The molecule has 3 aromatic rings. The zero-order valence-electron chi connectivity index (χ0n) is 17.8. The number of aliphatic hydroxyl groups excluding tert-OH is 1. The van der Waals surface area contributed by atoms with Crippen molar-refractivity contribution in [1.82, 2.24) is 0 Å². The summed E-state index contributed by atoms with van der Waals surface area (Å²) in [5.74, 6) is -1.87. The van der Waals surface area contributed by atoms with Crippen LogP contribution in [0.1, 0.15) is 32.3 Å². The Labute approximate surface area is 181 Å². The lowest BCUT2D eigenvalue weighted by atomic mass is 9.94.